The van der Waals surface area contributed by atoms with E-state index in [1.165, 1.54) is 0 Å². The van der Waals surface area contributed by atoms with Gasteiger partial charge in [-0.25, -0.2) is 4.79 Å². The molecule has 2 aromatic rings. The quantitative estimate of drug-likeness (QED) is 0.738. The number of aliphatic hydroxyl groups is 1. The number of ether oxygens (including phenoxy) is 2. The molecule has 0 spiro atoms. The van der Waals surface area contributed by atoms with E-state index in [2.05, 4.69) is 6.92 Å². The third-order valence-corrected chi connectivity index (χ3v) is 4.93. The molecule has 2 N–H and O–H groups in total. The maximum absolute atomic E-state index is 11.0. The van der Waals surface area contributed by atoms with E-state index in [4.69, 9.17) is 26.2 Å². The Hall–Kier alpha value is -2.24. The third-order valence-electron chi connectivity index (χ3n) is 4.69. The molecule has 0 saturated carbocycles. The van der Waals surface area contributed by atoms with Gasteiger partial charge in [0, 0.05) is 5.02 Å². The van der Waals surface area contributed by atoms with E-state index in [0.717, 1.165) is 24.0 Å². The minimum absolute atomic E-state index is 0.00711. The van der Waals surface area contributed by atoms with Crippen LogP contribution in [0.15, 0.2) is 42.5 Å². The van der Waals surface area contributed by atoms with Gasteiger partial charge in [-0.05, 0) is 60.6 Å². The second kappa shape index (κ2) is 8.63. The van der Waals surface area contributed by atoms with Crippen molar-refractivity contribution >= 4 is 17.6 Å². The van der Waals surface area contributed by atoms with Gasteiger partial charge in [0.15, 0.2) is 11.5 Å². The van der Waals surface area contributed by atoms with Crippen LogP contribution < -0.4 is 9.47 Å². The molecule has 3 atom stereocenters. The van der Waals surface area contributed by atoms with Crippen molar-refractivity contribution in [2.75, 3.05) is 6.61 Å². The van der Waals surface area contributed by atoms with E-state index in [0.29, 0.717) is 28.9 Å². The van der Waals surface area contributed by atoms with Crippen LogP contribution in [0.25, 0.3) is 0 Å². The van der Waals surface area contributed by atoms with Crippen LogP contribution >= 0.6 is 11.6 Å². The summed E-state index contributed by atoms with van der Waals surface area (Å²) < 4.78 is 11.0. The van der Waals surface area contributed by atoms with Gasteiger partial charge in [-0.3, -0.25) is 0 Å². The summed E-state index contributed by atoms with van der Waals surface area (Å²) >= 11 is 5.98. The Bertz CT molecular complexity index is 807. The molecular formula is C21H23ClO5. The third kappa shape index (κ3) is 5.15. The van der Waals surface area contributed by atoms with Crippen LogP contribution in [-0.2, 0) is 11.2 Å². The lowest BCUT2D eigenvalue weighted by Crippen LogP contribution is -2.36. The second-order valence-electron chi connectivity index (χ2n) is 6.99. The highest BCUT2D eigenvalue weighted by atomic mass is 35.5. The molecule has 27 heavy (non-hydrogen) atoms. The zero-order valence-electron chi connectivity index (χ0n) is 15.1. The largest absolute Gasteiger partial charge is 0.485 e. The normalized spacial score (nSPS) is 18.0. The van der Waals surface area contributed by atoms with Crippen molar-refractivity contribution in [3.05, 3.63) is 58.6 Å². The molecule has 2 aromatic carbocycles. The van der Waals surface area contributed by atoms with Crippen LogP contribution in [0.4, 0.5) is 0 Å². The first kappa shape index (κ1) is 19.5. The summed E-state index contributed by atoms with van der Waals surface area (Å²) in [4.78, 5) is 11.0. The lowest BCUT2D eigenvalue weighted by atomic mass is 9.93. The molecule has 144 valence electrons. The van der Waals surface area contributed by atoms with E-state index in [1.54, 1.807) is 18.2 Å². The molecule has 3 rings (SSSR count). The van der Waals surface area contributed by atoms with Crippen LogP contribution in [0.2, 0.25) is 5.02 Å². The van der Waals surface area contributed by atoms with Crippen molar-refractivity contribution in [3.63, 3.8) is 0 Å². The van der Waals surface area contributed by atoms with Gasteiger partial charge in [-0.2, -0.15) is 0 Å². The van der Waals surface area contributed by atoms with E-state index in [-0.39, 0.29) is 6.61 Å². The van der Waals surface area contributed by atoms with Crippen molar-refractivity contribution < 1.29 is 24.5 Å². The van der Waals surface area contributed by atoms with Crippen molar-refractivity contribution in [2.45, 2.75) is 38.4 Å². The summed E-state index contributed by atoms with van der Waals surface area (Å²) in [5.74, 6) is 0.377. The van der Waals surface area contributed by atoms with Gasteiger partial charge in [0.1, 0.15) is 6.61 Å². The van der Waals surface area contributed by atoms with Gasteiger partial charge in [-0.1, -0.05) is 36.7 Å². The SMILES string of the molecule is C[C@@H](CCC(O)c1cccc(Cl)c1)Cc1ccc2c(c1)OC[C@H](C(=O)O)O2. The molecule has 1 aliphatic rings. The molecule has 0 aromatic heterocycles. The molecule has 1 unspecified atom stereocenters. The molecule has 0 radical (unpaired) electrons. The molecule has 0 bridgehead atoms. The number of hydrogen-bond donors (Lipinski definition) is 2. The first-order valence-electron chi connectivity index (χ1n) is 9.01. The highest BCUT2D eigenvalue weighted by Crippen LogP contribution is 2.34. The fourth-order valence-corrected chi connectivity index (χ4v) is 3.39. The van der Waals surface area contributed by atoms with Crippen LogP contribution in [0.5, 0.6) is 11.5 Å². The monoisotopic (exact) mass is 390 g/mol. The zero-order chi connectivity index (χ0) is 19.4. The summed E-state index contributed by atoms with van der Waals surface area (Å²) in [7, 11) is 0. The standard InChI is InChI=1S/C21H23ClO5/c1-13(5-7-17(23)15-3-2-4-16(22)11-15)9-14-6-8-18-19(10-14)26-12-20(27-18)21(24)25/h2-4,6,8,10-11,13,17,20,23H,5,7,9,12H2,1H3,(H,24,25)/t13-,17?,20+/m0/s1. The Labute approximate surface area is 163 Å². The van der Waals surface area contributed by atoms with Gasteiger partial charge < -0.3 is 19.7 Å². The lowest BCUT2D eigenvalue weighted by molar-refractivity contribution is -0.147. The number of carboxylic acids is 1. The molecule has 1 heterocycles. The Morgan fingerprint density at radius 1 is 1.22 bits per heavy atom. The maximum Gasteiger partial charge on any atom is 0.348 e. The summed E-state index contributed by atoms with van der Waals surface area (Å²) in [6, 6.07) is 12.9. The number of benzene rings is 2. The Balaban J connectivity index is 1.54. The molecule has 1 aliphatic heterocycles. The molecule has 0 aliphatic carbocycles. The lowest BCUT2D eigenvalue weighted by Gasteiger charge is -2.24. The highest BCUT2D eigenvalue weighted by Gasteiger charge is 2.27. The highest BCUT2D eigenvalue weighted by molar-refractivity contribution is 6.30. The predicted octanol–water partition coefficient (Wildman–Crippen LogP) is 4.26. The number of carboxylic acid groups (broad SMARTS) is 1. The summed E-state index contributed by atoms with van der Waals surface area (Å²) in [6.45, 7) is 2.15. The number of halogens is 1. The first-order chi connectivity index (χ1) is 12.9. The summed E-state index contributed by atoms with van der Waals surface area (Å²) in [5, 5.41) is 20.0. The van der Waals surface area contributed by atoms with Crippen LogP contribution in [0, 0.1) is 5.92 Å². The fraction of sp³-hybridized carbons (Fsp3) is 0.381. The number of carbonyl (C=O) groups is 1. The molecule has 0 saturated heterocycles. The van der Waals surface area contributed by atoms with E-state index in [9.17, 15) is 9.90 Å². The van der Waals surface area contributed by atoms with Crippen LogP contribution in [-0.4, -0.2) is 28.9 Å². The number of aliphatic carboxylic acids is 1. The minimum atomic E-state index is -1.03. The van der Waals surface area contributed by atoms with Crippen molar-refractivity contribution in [1.82, 2.24) is 0 Å². The summed E-state index contributed by atoms with van der Waals surface area (Å²) in [5.41, 5.74) is 1.93. The summed E-state index contributed by atoms with van der Waals surface area (Å²) in [6.07, 6.45) is 0.867. The maximum atomic E-state index is 11.0. The number of aliphatic hydroxyl groups excluding tert-OH is 1. The van der Waals surface area contributed by atoms with Gasteiger partial charge in [0.05, 0.1) is 6.10 Å². The van der Waals surface area contributed by atoms with E-state index in [1.807, 2.05) is 24.3 Å². The van der Waals surface area contributed by atoms with Crippen molar-refractivity contribution in [1.29, 1.82) is 0 Å². The minimum Gasteiger partial charge on any atom is -0.485 e. The van der Waals surface area contributed by atoms with Crippen molar-refractivity contribution in [2.24, 2.45) is 5.92 Å². The predicted molar refractivity (Wildman–Crippen MR) is 103 cm³/mol. The first-order valence-corrected chi connectivity index (χ1v) is 9.39. The van der Waals surface area contributed by atoms with Gasteiger partial charge in [0.2, 0.25) is 6.10 Å². The van der Waals surface area contributed by atoms with E-state index >= 15 is 0 Å². The molecule has 0 fully saturated rings. The van der Waals surface area contributed by atoms with Crippen molar-refractivity contribution in [3.8, 4) is 11.5 Å². The fourth-order valence-electron chi connectivity index (χ4n) is 3.19. The second-order valence-corrected chi connectivity index (χ2v) is 7.43. The topological polar surface area (TPSA) is 76.0 Å². The smallest absolute Gasteiger partial charge is 0.348 e. The molecule has 6 heteroatoms. The van der Waals surface area contributed by atoms with E-state index < -0.39 is 18.2 Å². The van der Waals surface area contributed by atoms with Gasteiger partial charge in [-0.15, -0.1) is 0 Å². The zero-order valence-corrected chi connectivity index (χ0v) is 15.9. The van der Waals surface area contributed by atoms with Gasteiger partial charge >= 0.3 is 5.97 Å². The average molecular weight is 391 g/mol. The van der Waals surface area contributed by atoms with Gasteiger partial charge in [0.25, 0.3) is 0 Å². The Morgan fingerprint density at radius 3 is 2.78 bits per heavy atom. The number of rotatable bonds is 7. The number of hydrogen-bond acceptors (Lipinski definition) is 4. The molecular weight excluding hydrogens is 368 g/mol. The molecule has 0 amide bonds. The van der Waals surface area contributed by atoms with Crippen LogP contribution in [0.3, 0.4) is 0 Å². The molecule has 5 nitrogen and oxygen atoms in total. The Kier molecular flexibility index (Phi) is 6.24. The number of fused-ring (bicyclic) bond motifs is 1. The Morgan fingerprint density at radius 2 is 2.04 bits per heavy atom. The van der Waals surface area contributed by atoms with Crippen LogP contribution in [0.1, 0.15) is 37.0 Å². The average Bonchev–Trinajstić information content (AvgIpc) is 2.65.